The highest BCUT2D eigenvalue weighted by molar-refractivity contribution is 7.10. The molecule has 0 unspecified atom stereocenters. The Bertz CT molecular complexity index is 417. The Morgan fingerprint density at radius 3 is 2.68 bits per heavy atom. The molecule has 0 saturated heterocycles. The Morgan fingerprint density at radius 1 is 1.26 bits per heavy atom. The lowest BCUT2D eigenvalue weighted by Gasteiger charge is -2.23. The molecule has 0 aromatic carbocycles. The zero-order chi connectivity index (χ0) is 14.1. The zero-order valence-electron chi connectivity index (χ0n) is 12.1. The number of hydrogen-bond donors (Lipinski definition) is 1. The predicted octanol–water partition coefficient (Wildman–Crippen LogP) is 1.87. The maximum Gasteiger partial charge on any atom is 0.104 e. The molecule has 1 heterocycles. The van der Waals surface area contributed by atoms with Crippen LogP contribution in [0.15, 0.2) is 11.4 Å². The van der Waals surface area contributed by atoms with Crippen LogP contribution in [0.25, 0.3) is 0 Å². The van der Waals surface area contributed by atoms with Crippen LogP contribution in [0.2, 0.25) is 0 Å². The van der Waals surface area contributed by atoms with Gasteiger partial charge >= 0.3 is 0 Å². The van der Waals surface area contributed by atoms with Gasteiger partial charge in [0.2, 0.25) is 0 Å². The normalized spacial score (nSPS) is 10.8. The Hall–Kier alpha value is -0.860. The van der Waals surface area contributed by atoms with Gasteiger partial charge in [0, 0.05) is 30.1 Å². The first-order chi connectivity index (χ1) is 9.17. The van der Waals surface area contributed by atoms with E-state index in [1.54, 1.807) is 11.3 Å². The molecule has 0 atom stereocenters. The minimum absolute atomic E-state index is 0.0748. The third-order valence-electron chi connectivity index (χ3n) is 2.82. The molecule has 0 fully saturated rings. The van der Waals surface area contributed by atoms with Crippen LogP contribution in [0.5, 0.6) is 0 Å². The molecule has 0 aliphatic carbocycles. The van der Waals surface area contributed by atoms with Crippen molar-refractivity contribution in [3.63, 3.8) is 0 Å². The van der Waals surface area contributed by atoms with Crippen LogP contribution in [0, 0.1) is 11.8 Å². The highest BCUT2D eigenvalue weighted by Crippen LogP contribution is 2.18. The van der Waals surface area contributed by atoms with Gasteiger partial charge in [-0.25, -0.2) is 0 Å². The zero-order valence-corrected chi connectivity index (χ0v) is 13.0. The van der Waals surface area contributed by atoms with E-state index in [0.29, 0.717) is 0 Å². The van der Waals surface area contributed by atoms with Gasteiger partial charge in [-0.1, -0.05) is 18.8 Å². The molecule has 0 saturated carbocycles. The van der Waals surface area contributed by atoms with Gasteiger partial charge in [-0.2, -0.15) is 0 Å². The second kappa shape index (κ2) is 9.11. The molecule has 1 N–H and O–H groups in total. The highest BCUT2D eigenvalue weighted by atomic mass is 32.1. The molecule has 0 spiro atoms. The minimum atomic E-state index is -0.0748. The third-order valence-corrected chi connectivity index (χ3v) is 3.72. The van der Waals surface area contributed by atoms with Crippen molar-refractivity contribution < 1.29 is 5.11 Å². The topological polar surface area (TPSA) is 26.7 Å². The molecule has 0 aliphatic heterocycles. The molecule has 3 nitrogen and oxygen atoms in total. The summed E-state index contributed by atoms with van der Waals surface area (Å²) in [5.41, 5.74) is 1.06. The lowest BCUT2D eigenvalue weighted by molar-refractivity contribution is 0.235. The number of aliphatic hydroxyl groups is 1. The fourth-order valence-corrected chi connectivity index (χ4v) is 2.71. The largest absolute Gasteiger partial charge is 0.384 e. The van der Waals surface area contributed by atoms with Gasteiger partial charge in [0.05, 0.1) is 0 Å². The molecule has 19 heavy (non-hydrogen) atoms. The number of thiophene rings is 1. The van der Waals surface area contributed by atoms with Crippen molar-refractivity contribution in [2.24, 2.45) is 0 Å². The summed E-state index contributed by atoms with van der Waals surface area (Å²) < 4.78 is 0. The van der Waals surface area contributed by atoms with E-state index >= 15 is 0 Å². The van der Waals surface area contributed by atoms with Gasteiger partial charge in [-0.15, -0.1) is 11.3 Å². The van der Waals surface area contributed by atoms with Crippen molar-refractivity contribution in [3.8, 4) is 11.8 Å². The third kappa shape index (κ3) is 6.22. The van der Waals surface area contributed by atoms with Crippen LogP contribution in [0.1, 0.15) is 23.8 Å². The molecule has 1 aromatic heterocycles. The molecular formula is C15H24N2OS. The molecular weight excluding hydrogens is 256 g/mol. The van der Waals surface area contributed by atoms with Crippen molar-refractivity contribution in [2.45, 2.75) is 19.9 Å². The molecule has 106 valence electrons. The van der Waals surface area contributed by atoms with Gasteiger partial charge in [-0.05, 0) is 38.5 Å². The molecule has 0 radical (unpaired) electrons. The van der Waals surface area contributed by atoms with E-state index in [1.807, 2.05) is 6.07 Å². The van der Waals surface area contributed by atoms with E-state index < -0.39 is 0 Å². The standard InChI is InChI=1S/C15H24N2OS/c1-4-8-17(10-9-16(2)3)13-15-14(6-5-11-18)7-12-19-15/h7,12,18H,4,8-11,13H2,1-3H3. The van der Waals surface area contributed by atoms with Crippen LogP contribution >= 0.6 is 11.3 Å². The van der Waals surface area contributed by atoms with Gasteiger partial charge in [0.15, 0.2) is 0 Å². The van der Waals surface area contributed by atoms with Crippen molar-refractivity contribution in [3.05, 3.63) is 21.9 Å². The van der Waals surface area contributed by atoms with E-state index in [0.717, 1.165) is 38.2 Å². The van der Waals surface area contributed by atoms with E-state index in [2.05, 4.69) is 48.0 Å². The number of aliphatic hydroxyl groups excluding tert-OH is 1. The number of hydrogen-bond acceptors (Lipinski definition) is 4. The number of likely N-dealkylation sites (N-methyl/N-ethyl adjacent to an activating group) is 1. The number of nitrogens with zero attached hydrogens (tertiary/aromatic N) is 2. The highest BCUT2D eigenvalue weighted by Gasteiger charge is 2.09. The molecule has 1 aromatic rings. The minimum Gasteiger partial charge on any atom is -0.384 e. The first-order valence-electron chi connectivity index (χ1n) is 6.70. The summed E-state index contributed by atoms with van der Waals surface area (Å²) in [6.45, 7) is 6.35. The maximum absolute atomic E-state index is 8.78. The summed E-state index contributed by atoms with van der Waals surface area (Å²) in [7, 11) is 4.21. The second-order valence-electron chi connectivity index (χ2n) is 4.80. The first-order valence-corrected chi connectivity index (χ1v) is 7.58. The SMILES string of the molecule is CCCN(CCN(C)C)Cc1sccc1C#CCO. The molecule has 0 aliphatic rings. The fourth-order valence-electron chi connectivity index (χ4n) is 1.84. The van der Waals surface area contributed by atoms with Crippen LogP contribution in [0.4, 0.5) is 0 Å². The van der Waals surface area contributed by atoms with E-state index in [1.165, 1.54) is 4.88 Å². The van der Waals surface area contributed by atoms with Crippen molar-refractivity contribution in [2.75, 3.05) is 40.3 Å². The summed E-state index contributed by atoms with van der Waals surface area (Å²) in [5, 5.41) is 10.9. The summed E-state index contributed by atoms with van der Waals surface area (Å²) in [4.78, 5) is 5.98. The smallest absolute Gasteiger partial charge is 0.104 e. The van der Waals surface area contributed by atoms with Gasteiger partial charge in [-0.3, -0.25) is 4.90 Å². The molecule has 4 heteroatoms. The predicted molar refractivity (Wildman–Crippen MR) is 82.4 cm³/mol. The number of rotatable bonds is 7. The summed E-state index contributed by atoms with van der Waals surface area (Å²) >= 11 is 1.75. The Balaban J connectivity index is 2.65. The van der Waals surface area contributed by atoms with Crippen molar-refractivity contribution in [1.82, 2.24) is 9.80 Å². The van der Waals surface area contributed by atoms with Crippen LogP contribution in [-0.4, -0.2) is 55.2 Å². The quantitative estimate of drug-likeness (QED) is 0.772. The van der Waals surface area contributed by atoms with Gasteiger partial charge < -0.3 is 10.0 Å². The van der Waals surface area contributed by atoms with E-state index in [9.17, 15) is 0 Å². The van der Waals surface area contributed by atoms with Crippen molar-refractivity contribution >= 4 is 11.3 Å². The summed E-state index contributed by atoms with van der Waals surface area (Å²) in [5.74, 6) is 5.76. The second-order valence-corrected chi connectivity index (χ2v) is 5.80. The lowest BCUT2D eigenvalue weighted by atomic mass is 10.2. The van der Waals surface area contributed by atoms with Crippen LogP contribution in [-0.2, 0) is 6.54 Å². The Morgan fingerprint density at radius 2 is 2.05 bits per heavy atom. The van der Waals surface area contributed by atoms with Gasteiger partial charge in [0.25, 0.3) is 0 Å². The lowest BCUT2D eigenvalue weighted by Crippen LogP contribution is -2.31. The monoisotopic (exact) mass is 280 g/mol. The van der Waals surface area contributed by atoms with E-state index in [-0.39, 0.29) is 6.61 Å². The molecule has 0 bridgehead atoms. The average molecular weight is 280 g/mol. The maximum atomic E-state index is 8.78. The van der Waals surface area contributed by atoms with E-state index in [4.69, 9.17) is 5.11 Å². The first kappa shape index (κ1) is 16.2. The molecule has 1 rings (SSSR count). The summed E-state index contributed by atoms with van der Waals surface area (Å²) in [6.07, 6.45) is 1.16. The van der Waals surface area contributed by atoms with Crippen LogP contribution in [0.3, 0.4) is 0 Å². The van der Waals surface area contributed by atoms with Gasteiger partial charge in [0.1, 0.15) is 6.61 Å². The van der Waals surface area contributed by atoms with Crippen LogP contribution < -0.4 is 0 Å². The average Bonchev–Trinajstić information content (AvgIpc) is 2.81. The fraction of sp³-hybridized carbons (Fsp3) is 0.600. The van der Waals surface area contributed by atoms with Crippen molar-refractivity contribution in [1.29, 1.82) is 0 Å². The Kier molecular flexibility index (Phi) is 7.76. The Labute approximate surface area is 120 Å². The molecule has 0 amide bonds. The summed E-state index contributed by atoms with van der Waals surface area (Å²) in [6, 6.07) is 2.04.